The minimum absolute atomic E-state index is 0.0478. The van der Waals surface area contributed by atoms with Gasteiger partial charge in [0.1, 0.15) is 0 Å². The molecule has 1 aromatic rings. The maximum absolute atomic E-state index is 12.5. The van der Waals surface area contributed by atoms with Crippen molar-refractivity contribution in [1.29, 1.82) is 0 Å². The highest BCUT2D eigenvalue weighted by Gasteiger charge is 2.39. The van der Waals surface area contributed by atoms with Gasteiger partial charge in [-0.2, -0.15) is 0 Å². The van der Waals surface area contributed by atoms with E-state index in [1.165, 1.54) is 0 Å². The van der Waals surface area contributed by atoms with Gasteiger partial charge in [0.25, 0.3) is 0 Å². The second kappa shape index (κ2) is 8.42. The van der Waals surface area contributed by atoms with Crippen LogP contribution < -0.4 is 16.0 Å². The molecule has 0 aromatic heterocycles. The number of amides is 2. The number of hydrogen-bond donors (Lipinski definition) is 3. The van der Waals surface area contributed by atoms with Crippen molar-refractivity contribution >= 4 is 33.4 Å². The van der Waals surface area contributed by atoms with Gasteiger partial charge in [-0.3, -0.25) is 9.59 Å². The molecule has 1 saturated heterocycles. The number of ether oxygens (including phenoxy) is 1. The van der Waals surface area contributed by atoms with Gasteiger partial charge in [-0.05, 0) is 50.2 Å². The molecule has 1 fully saturated rings. The number of carbonyl (C=O) groups excluding carboxylic acids is 2. The van der Waals surface area contributed by atoms with E-state index in [4.69, 9.17) is 4.74 Å². The van der Waals surface area contributed by atoms with Crippen molar-refractivity contribution in [3.63, 3.8) is 0 Å². The van der Waals surface area contributed by atoms with Crippen LogP contribution in [-0.2, 0) is 14.3 Å². The second-order valence-corrected chi connectivity index (χ2v) is 6.62. The van der Waals surface area contributed by atoms with Crippen molar-refractivity contribution < 1.29 is 14.3 Å². The molecule has 2 amide bonds. The molecule has 1 aromatic carbocycles. The van der Waals surface area contributed by atoms with Crippen LogP contribution in [0.15, 0.2) is 28.7 Å². The summed E-state index contributed by atoms with van der Waals surface area (Å²) in [7, 11) is 1.59. The highest BCUT2D eigenvalue weighted by Crippen LogP contribution is 2.29. The summed E-state index contributed by atoms with van der Waals surface area (Å²) in [6.45, 7) is 1.88. The Balaban J connectivity index is 1.86. The Bertz CT molecular complexity index is 536. The molecule has 0 radical (unpaired) electrons. The molecule has 0 unspecified atom stereocenters. The Morgan fingerprint density at radius 1 is 1.26 bits per heavy atom. The summed E-state index contributed by atoms with van der Waals surface area (Å²) < 4.78 is 6.17. The van der Waals surface area contributed by atoms with Gasteiger partial charge < -0.3 is 20.7 Å². The lowest BCUT2D eigenvalue weighted by Gasteiger charge is -2.35. The summed E-state index contributed by atoms with van der Waals surface area (Å²) in [6, 6.07) is 7.28. The van der Waals surface area contributed by atoms with E-state index in [-0.39, 0.29) is 18.4 Å². The molecule has 1 aliphatic rings. The van der Waals surface area contributed by atoms with Crippen molar-refractivity contribution in [2.45, 2.75) is 12.8 Å². The van der Waals surface area contributed by atoms with Gasteiger partial charge in [-0.1, -0.05) is 15.9 Å². The number of methoxy groups -OCH3 is 1. The first kappa shape index (κ1) is 17.9. The predicted octanol–water partition coefficient (Wildman–Crippen LogP) is 1.52. The van der Waals surface area contributed by atoms with Crippen LogP contribution in [0.4, 0.5) is 5.69 Å². The third kappa shape index (κ3) is 5.02. The van der Waals surface area contributed by atoms with E-state index < -0.39 is 5.41 Å². The Hall–Kier alpha value is -1.44. The minimum atomic E-state index is -0.544. The van der Waals surface area contributed by atoms with Gasteiger partial charge in [-0.25, -0.2) is 0 Å². The molecule has 0 saturated carbocycles. The van der Waals surface area contributed by atoms with Crippen LogP contribution >= 0.6 is 15.9 Å². The highest BCUT2D eigenvalue weighted by atomic mass is 79.9. The van der Waals surface area contributed by atoms with Gasteiger partial charge in [-0.15, -0.1) is 0 Å². The molecule has 7 heteroatoms. The largest absolute Gasteiger partial charge is 0.384 e. The van der Waals surface area contributed by atoms with Crippen LogP contribution in [0.2, 0.25) is 0 Å². The highest BCUT2D eigenvalue weighted by molar-refractivity contribution is 9.10. The lowest BCUT2D eigenvalue weighted by molar-refractivity contribution is -0.137. The van der Waals surface area contributed by atoms with Gasteiger partial charge in [0, 0.05) is 17.3 Å². The van der Waals surface area contributed by atoms with Crippen LogP contribution in [0.25, 0.3) is 0 Å². The fourth-order valence-electron chi connectivity index (χ4n) is 2.71. The lowest BCUT2D eigenvalue weighted by Crippen LogP contribution is -2.51. The van der Waals surface area contributed by atoms with E-state index in [2.05, 4.69) is 31.9 Å². The molecular formula is C16H22BrN3O3. The quantitative estimate of drug-likeness (QED) is 0.695. The summed E-state index contributed by atoms with van der Waals surface area (Å²) in [4.78, 5) is 24.5. The molecule has 23 heavy (non-hydrogen) atoms. The van der Waals surface area contributed by atoms with Crippen molar-refractivity contribution in [1.82, 2.24) is 10.6 Å². The van der Waals surface area contributed by atoms with Crippen LogP contribution in [0.1, 0.15) is 12.8 Å². The Morgan fingerprint density at radius 2 is 1.91 bits per heavy atom. The van der Waals surface area contributed by atoms with E-state index in [0.717, 1.165) is 17.6 Å². The number of halogens is 1. The zero-order valence-electron chi connectivity index (χ0n) is 13.2. The van der Waals surface area contributed by atoms with E-state index in [1.807, 2.05) is 12.1 Å². The van der Waals surface area contributed by atoms with Crippen molar-refractivity contribution in [3.05, 3.63) is 28.7 Å². The normalized spacial score (nSPS) is 16.6. The molecule has 2 rings (SSSR count). The standard InChI is InChI=1S/C16H22BrN3O3/c1-23-11-16(6-8-18-9-7-16)15(22)19-10-14(21)20-13-4-2-12(17)3-5-13/h2-5,18H,6-11H2,1H3,(H,19,22)(H,20,21). The Labute approximate surface area is 144 Å². The summed E-state index contributed by atoms with van der Waals surface area (Å²) in [6.07, 6.45) is 1.42. The van der Waals surface area contributed by atoms with Crippen LogP contribution in [0.3, 0.4) is 0 Å². The number of anilines is 1. The van der Waals surface area contributed by atoms with Gasteiger partial charge in [0.05, 0.1) is 18.6 Å². The maximum atomic E-state index is 12.5. The van der Waals surface area contributed by atoms with Gasteiger partial charge in [0.2, 0.25) is 11.8 Å². The smallest absolute Gasteiger partial charge is 0.243 e. The Morgan fingerprint density at radius 3 is 2.52 bits per heavy atom. The molecule has 0 aliphatic carbocycles. The number of nitrogens with one attached hydrogen (secondary N) is 3. The number of rotatable bonds is 6. The van der Waals surface area contributed by atoms with Gasteiger partial charge >= 0.3 is 0 Å². The van der Waals surface area contributed by atoms with Crippen LogP contribution in [0, 0.1) is 5.41 Å². The van der Waals surface area contributed by atoms with E-state index in [1.54, 1.807) is 19.2 Å². The first-order valence-corrected chi connectivity index (χ1v) is 8.38. The zero-order chi connectivity index (χ0) is 16.7. The summed E-state index contributed by atoms with van der Waals surface area (Å²) >= 11 is 3.34. The molecule has 3 N–H and O–H groups in total. The molecule has 0 bridgehead atoms. The molecule has 0 spiro atoms. The summed E-state index contributed by atoms with van der Waals surface area (Å²) in [5.41, 5.74) is 0.152. The second-order valence-electron chi connectivity index (χ2n) is 5.70. The van der Waals surface area contributed by atoms with Crippen molar-refractivity contribution in [3.8, 4) is 0 Å². The zero-order valence-corrected chi connectivity index (χ0v) is 14.7. The molecule has 1 aliphatic heterocycles. The van der Waals surface area contributed by atoms with Crippen LogP contribution in [0.5, 0.6) is 0 Å². The molecule has 0 atom stereocenters. The third-order valence-corrected chi connectivity index (χ3v) is 4.53. The first-order valence-electron chi connectivity index (χ1n) is 7.59. The first-order chi connectivity index (χ1) is 11.1. The van der Waals surface area contributed by atoms with E-state index in [0.29, 0.717) is 25.1 Å². The number of benzene rings is 1. The molecule has 1 heterocycles. The molecule has 6 nitrogen and oxygen atoms in total. The van der Waals surface area contributed by atoms with Crippen molar-refractivity contribution in [2.75, 3.05) is 38.7 Å². The minimum Gasteiger partial charge on any atom is -0.384 e. The fraction of sp³-hybridized carbons (Fsp3) is 0.500. The monoisotopic (exact) mass is 383 g/mol. The fourth-order valence-corrected chi connectivity index (χ4v) is 2.97. The average Bonchev–Trinajstić information content (AvgIpc) is 2.56. The lowest BCUT2D eigenvalue weighted by atomic mass is 9.78. The number of hydrogen-bond acceptors (Lipinski definition) is 4. The molecule has 126 valence electrons. The van der Waals surface area contributed by atoms with E-state index >= 15 is 0 Å². The third-order valence-electron chi connectivity index (χ3n) is 4.00. The summed E-state index contributed by atoms with van der Waals surface area (Å²) in [5.74, 6) is -0.367. The van der Waals surface area contributed by atoms with E-state index in [9.17, 15) is 9.59 Å². The predicted molar refractivity (Wildman–Crippen MR) is 92.2 cm³/mol. The molecular weight excluding hydrogens is 362 g/mol. The SMILES string of the molecule is COCC1(C(=O)NCC(=O)Nc2ccc(Br)cc2)CCNCC1. The number of carbonyl (C=O) groups is 2. The number of piperidine rings is 1. The average molecular weight is 384 g/mol. The van der Waals surface area contributed by atoms with Crippen LogP contribution in [-0.4, -0.2) is 45.2 Å². The topological polar surface area (TPSA) is 79.5 Å². The van der Waals surface area contributed by atoms with Crippen molar-refractivity contribution in [2.24, 2.45) is 5.41 Å². The summed E-state index contributed by atoms with van der Waals surface area (Å²) in [5, 5.41) is 8.73. The Kier molecular flexibility index (Phi) is 6.56. The maximum Gasteiger partial charge on any atom is 0.243 e. The van der Waals surface area contributed by atoms with Gasteiger partial charge in [0.15, 0.2) is 0 Å².